The Labute approximate surface area is 200 Å². The van der Waals surface area contributed by atoms with Crippen LogP contribution in [0.2, 0.25) is 5.02 Å². The Balaban J connectivity index is 1.97. The lowest BCUT2D eigenvalue weighted by molar-refractivity contribution is -0.385. The number of hydrogen-bond acceptors (Lipinski definition) is 6. The van der Waals surface area contributed by atoms with Gasteiger partial charge in [-0.1, -0.05) is 35.9 Å². The molecule has 0 aliphatic rings. The van der Waals surface area contributed by atoms with E-state index in [1.165, 1.54) is 31.4 Å². The number of halogens is 4. The number of methoxy groups -OCH3 is 1. The Morgan fingerprint density at radius 3 is 2.57 bits per heavy atom. The molecule has 0 saturated carbocycles. The summed E-state index contributed by atoms with van der Waals surface area (Å²) in [6.45, 7) is 0. The first-order valence-corrected chi connectivity index (χ1v) is 10.2. The molecule has 0 aliphatic heterocycles. The Morgan fingerprint density at radius 2 is 1.89 bits per heavy atom. The van der Waals surface area contributed by atoms with Crippen molar-refractivity contribution < 1.29 is 22.8 Å². The molecule has 0 N–H and O–H groups in total. The van der Waals surface area contributed by atoms with Crippen molar-refractivity contribution in [3.63, 3.8) is 0 Å². The smallest absolute Gasteiger partial charge is 0.416 e. The molecule has 3 aromatic carbocycles. The van der Waals surface area contributed by atoms with Gasteiger partial charge in [0.25, 0.3) is 5.56 Å². The molecule has 0 unspecified atom stereocenters. The molecule has 8 nitrogen and oxygen atoms in total. The third kappa shape index (κ3) is 4.71. The molecule has 178 valence electrons. The summed E-state index contributed by atoms with van der Waals surface area (Å²) in [7, 11) is 1.21. The van der Waals surface area contributed by atoms with Crippen molar-refractivity contribution in [3.05, 3.63) is 97.3 Å². The Kier molecular flexibility index (Phi) is 6.27. The van der Waals surface area contributed by atoms with Crippen molar-refractivity contribution in [2.75, 3.05) is 7.11 Å². The largest absolute Gasteiger partial charge is 0.490 e. The van der Waals surface area contributed by atoms with Gasteiger partial charge in [-0.3, -0.25) is 14.9 Å². The molecule has 0 amide bonds. The molecule has 0 atom stereocenters. The van der Waals surface area contributed by atoms with E-state index in [0.29, 0.717) is 0 Å². The minimum absolute atomic E-state index is 0.0103. The number of alkyl halides is 3. The quantitative estimate of drug-likeness (QED) is 0.203. The molecular formula is C23H14ClF3N4O4. The third-order valence-electron chi connectivity index (χ3n) is 4.98. The maximum absolute atomic E-state index is 13.3. The molecule has 4 rings (SSSR count). The molecule has 0 radical (unpaired) electrons. The van der Waals surface area contributed by atoms with Gasteiger partial charge in [0.15, 0.2) is 5.82 Å². The van der Waals surface area contributed by atoms with Crippen LogP contribution in [0.4, 0.5) is 18.9 Å². The highest BCUT2D eigenvalue weighted by atomic mass is 35.5. The van der Waals surface area contributed by atoms with Crippen LogP contribution in [0.3, 0.4) is 0 Å². The number of hydrogen-bond donors (Lipinski definition) is 0. The van der Waals surface area contributed by atoms with Gasteiger partial charge in [0.05, 0.1) is 34.7 Å². The van der Waals surface area contributed by atoms with Crippen LogP contribution in [0.1, 0.15) is 11.1 Å². The monoisotopic (exact) mass is 502 g/mol. The number of fused-ring (bicyclic) bond motifs is 1. The first-order chi connectivity index (χ1) is 16.6. The first-order valence-electron chi connectivity index (χ1n) is 9.86. The first kappa shape index (κ1) is 23.9. The van der Waals surface area contributed by atoms with Crippen LogP contribution in [-0.4, -0.2) is 27.9 Å². The summed E-state index contributed by atoms with van der Waals surface area (Å²) in [6.07, 6.45) is -3.53. The molecule has 35 heavy (non-hydrogen) atoms. The number of nitro benzene ring substituents is 1. The number of nitrogens with zero attached hydrogens (tertiary/aromatic N) is 4. The molecular weight excluding hydrogens is 489 g/mol. The average molecular weight is 503 g/mol. The number of para-hydroxylation sites is 1. The SMILES string of the molecule is COc1c(C=Nn2c(-c3cccc(C(F)(F)F)c3)nc3ccccc3c2=O)cc(Cl)cc1[N+](=O)[O-]. The predicted octanol–water partition coefficient (Wildman–Crippen LogP) is 5.53. The highest BCUT2D eigenvalue weighted by molar-refractivity contribution is 6.31. The van der Waals surface area contributed by atoms with Gasteiger partial charge in [-0.05, 0) is 30.3 Å². The summed E-state index contributed by atoms with van der Waals surface area (Å²) < 4.78 is 45.9. The maximum Gasteiger partial charge on any atom is 0.416 e. The second-order valence-corrected chi connectivity index (χ2v) is 7.63. The van der Waals surface area contributed by atoms with Crippen molar-refractivity contribution >= 4 is 34.4 Å². The lowest BCUT2D eigenvalue weighted by Crippen LogP contribution is -2.20. The van der Waals surface area contributed by atoms with E-state index < -0.39 is 27.9 Å². The highest BCUT2D eigenvalue weighted by Gasteiger charge is 2.31. The Morgan fingerprint density at radius 1 is 1.14 bits per heavy atom. The van der Waals surface area contributed by atoms with E-state index in [0.717, 1.165) is 29.1 Å². The van der Waals surface area contributed by atoms with Gasteiger partial charge in [0.2, 0.25) is 5.75 Å². The highest BCUT2D eigenvalue weighted by Crippen LogP contribution is 2.34. The minimum atomic E-state index is -4.62. The lowest BCUT2D eigenvalue weighted by atomic mass is 10.1. The van der Waals surface area contributed by atoms with Crippen LogP contribution < -0.4 is 10.3 Å². The second kappa shape index (κ2) is 9.18. The van der Waals surface area contributed by atoms with Crippen LogP contribution in [0.25, 0.3) is 22.3 Å². The van der Waals surface area contributed by atoms with Crippen LogP contribution in [0, 0.1) is 10.1 Å². The fourth-order valence-corrected chi connectivity index (χ4v) is 3.65. The van der Waals surface area contributed by atoms with Crippen molar-refractivity contribution in [1.82, 2.24) is 9.66 Å². The average Bonchev–Trinajstić information content (AvgIpc) is 2.82. The van der Waals surface area contributed by atoms with Gasteiger partial charge in [-0.15, -0.1) is 0 Å². The van der Waals surface area contributed by atoms with E-state index in [-0.39, 0.29) is 38.6 Å². The van der Waals surface area contributed by atoms with Gasteiger partial charge < -0.3 is 4.74 Å². The van der Waals surface area contributed by atoms with E-state index in [9.17, 15) is 28.1 Å². The molecule has 1 aromatic heterocycles. The Bertz CT molecular complexity index is 1550. The van der Waals surface area contributed by atoms with Gasteiger partial charge >= 0.3 is 11.9 Å². The number of rotatable bonds is 5. The van der Waals surface area contributed by atoms with Gasteiger partial charge in [-0.2, -0.15) is 22.9 Å². The second-order valence-electron chi connectivity index (χ2n) is 7.20. The molecule has 4 aromatic rings. The van der Waals surface area contributed by atoms with E-state index in [2.05, 4.69) is 10.1 Å². The van der Waals surface area contributed by atoms with Crippen LogP contribution in [0.15, 0.2) is 70.6 Å². The van der Waals surface area contributed by atoms with Gasteiger partial charge in [0, 0.05) is 22.2 Å². The summed E-state index contributed by atoms with van der Waals surface area (Å²) in [5.74, 6) is -0.322. The number of aromatic nitrogens is 2. The van der Waals surface area contributed by atoms with Crippen LogP contribution in [-0.2, 0) is 6.18 Å². The maximum atomic E-state index is 13.3. The molecule has 0 bridgehead atoms. The zero-order valence-corrected chi connectivity index (χ0v) is 18.5. The summed E-state index contributed by atoms with van der Waals surface area (Å²) in [5.41, 5.74) is -1.70. The van der Waals surface area contributed by atoms with Gasteiger partial charge in [0.1, 0.15) is 0 Å². The van der Waals surface area contributed by atoms with Crippen molar-refractivity contribution in [1.29, 1.82) is 0 Å². The number of nitro groups is 1. The lowest BCUT2D eigenvalue weighted by Gasteiger charge is -2.12. The van der Waals surface area contributed by atoms with Gasteiger partial charge in [-0.25, -0.2) is 4.98 Å². The normalized spacial score (nSPS) is 11.8. The predicted molar refractivity (Wildman–Crippen MR) is 124 cm³/mol. The Hall–Kier alpha value is -4.25. The van der Waals surface area contributed by atoms with Crippen LogP contribution in [0.5, 0.6) is 5.75 Å². The van der Waals surface area contributed by atoms with Crippen molar-refractivity contribution in [3.8, 4) is 17.1 Å². The van der Waals surface area contributed by atoms with Crippen LogP contribution >= 0.6 is 11.6 Å². The van der Waals surface area contributed by atoms with Crippen molar-refractivity contribution in [2.24, 2.45) is 5.10 Å². The van der Waals surface area contributed by atoms with E-state index in [1.54, 1.807) is 18.2 Å². The molecule has 0 saturated heterocycles. The third-order valence-corrected chi connectivity index (χ3v) is 5.20. The fourth-order valence-electron chi connectivity index (χ4n) is 3.43. The summed E-state index contributed by atoms with van der Waals surface area (Å²) >= 11 is 5.99. The zero-order chi connectivity index (χ0) is 25.3. The minimum Gasteiger partial charge on any atom is -0.490 e. The molecule has 12 heteroatoms. The standard InChI is InChI=1S/C23H14ClF3N4O4/c1-35-20-14(10-16(24)11-19(20)31(33)34)12-28-30-21(13-5-4-6-15(9-13)23(25,26)27)29-18-8-3-2-7-17(18)22(30)32/h2-12H,1H3. The topological polar surface area (TPSA) is 99.6 Å². The number of benzene rings is 3. The van der Waals surface area contributed by atoms with E-state index >= 15 is 0 Å². The van der Waals surface area contributed by atoms with E-state index in [4.69, 9.17) is 16.3 Å². The zero-order valence-electron chi connectivity index (χ0n) is 17.8. The summed E-state index contributed by atoms with van der Waals surface area (Å²) in [6, 6.07) is 13.0. The molecule has 0 spiro atoms. The number of ether oxygens (including phenoxy) is 1. The molecule has 0 fully saturated rings. The summed E-state index contributed by atoms with van der Waals surface area (Å²) in [5, 5.41) is 15.7. The molecule has 1 heterocycles. The van der Waals surface area contributed by atoms with Crippen molar-refractivity contribution in [2.45, 2.75) is 6.18 Å². The molecule has 0 aliphatic carbocycles. The fraction of sp³-hybridized carbons (Fsp3) is 0.0870. The summed E-state index contributed by atoms with van der Waals surface area (Å²) in [4.78, 5) is 28.3. The van der Waals surface area contributed by atoms with E-state index in [1.807, 2.05) is 0 Å².